The average Bonchev–Trinajstić information content (AvgIpc) is 2.92. The predicted octanol–water partition coefficient (Wildman–Crippen LogP) is 4.62. The summed E-state index contributed by atoms with van der Waals surface area (Å²) in [5.74, 6) is -4.84. The minimum absolute atomic E-state index is 0.157. The summed E-state index contributed by atoms with van der Waals surface area (Å²) in [5, 5.41) is 2.22. The molecular formula is C30H26F3N3O4. The topological polar surface area (TPSA) is 86.8 Å². The van der Waals surface area contributed by atoms with Gasteiger partial charge in [-0.15, -0.1) is 0 Å². The summed E-state index contributed by atoms with van der Waals surface area (Å²) < 4.78 is 43.2. The molecule has 10 heteroatoms. The predicted molar refractivity (Wildman–Crippen MR) is 141 cm³/mol. The summed E-state index contributed by atoms with van der Waals surface area (Å²) in [6.07, 6.45) is -4.88. The number of benzene rings is 3. The Bertz CT molecular complexity index is 1440. The molecule has 0 aliphatic carbocycles. The summed E-state index contributed by atoms with van der Waals surface area (Å²) in [6.45, 7) is 2.20. The fraction of sp³-hybridized carbons (Fsp3) is 0.200. The molecule has 2 atom stereocenters. The van der Waals surface area contributed by atoms with E-state index in [1.807, 2.05) is 0 Å². The number of rotatable bonds is 7. The number of hydrogen-bond donors (Lipinski definition) is 1. The minimum atomic E-state index is -5.45. The van der Waals surface area contributed by atoms with Gasteiger partial charge in [-0.3, -0.25) is 24.1 Å². The first-order chi connectivity index (χ1) is 19.0. The van der Waals surface area contributed by atoms with Gasteiger partial charge in [-0.25, -0.2) is 0 Å². The molecule has 4 rings (SSSR count). The molecule has 0 saturated carbocycles. The monoisotopic (exact) mass is 549 g/mol. The fourth-order valence-electron chi connectivity index (χ4n) is 4.88. The Kier molecular flexibility index (Phi) is 7.90. The highest BCUT2D eigenvalue weighted by atomic mass is 19.4. The van der Waals surface area contributed by atoms with Crippen LogP contribution in [0.15, 0.2) is 97.2 Å². The van der Waals surface area contributed by atoms with Crippen molar-refractivity contribution >= 4 is 29.2 Å². The smallest absolute Gasteiger partial charge is 0.326 e. The molecule has 3 aromatic rings. The number of carbonyl (C=O) groups is 4. The van der Waals surface area contributed by atoms with Crippen molar-refractivity contribution < 1.29 is 32.3 Å². The van der Waals surface area contributed by atoms with Gasteiger partial charge >= 0.3 is 6.18 Å². The second-order valence-electron chi connectivity index (χ2n) is 9.32. The van der Waals surface area contributed by atoms with Crippen LogP contribution in [0.5, 0.6) is 0 Å². The largest absolute Gasteiger partial charge is 0.454 e. The van der Waals surface area contributed by atoms with Crippen LogP contribution in [-0.4, -0.2) is 45.1 Å². The first kappa shape index (κ1) is 28.3. The van der Waals surface area contributed by atoms with Gasteiger partial charge < -0.3 is 10.2 Å². The Morgan fingerprint density at radius 2 is 1.35 bits per heavy atom. The van der Waals surface area contributed by atoms with E-state index in [1.165, 1.54) is 37.4 Å². The van der Waals surface area contributed by atoms with Crippen LogP contribution in [0.25, 0.3) is 5.70 Å². The van der Waals surface area contributed by atoms with E-state index in [9.17, 15) is 32.3 Å². The molecule has 40 heavy (non-hydrogen) atoms. The summed E-state index contributed by atoms with van der Waals surface area (Å²) in [7, 11) is 0. The molecular weight excluding hydrogens is 523 g/mol. The SMILES string of the molecule is CC(=O)NC(Cc1ccccc1)(C(=O)C(F)(F)F)N1C(=O)C(c2ccccc2)N(C(C)=O)C=C1c1ccccc1. The third-order valence-electron chi connectivity index (χ3n) is 6.48. The van der Waals surface area contributed by atoms with Gasteiger partial charge in [0, 0.05) is 26.5 Å². The molecule has 2 unspecified atom stereocenters. The van der Waals surface area contributed by atoms with Crippen LogP contribution >= 0.6 is 0 Å². The Hall–Kier alpha value is -4.73. The maximum Gasteiger partial charge on any atom is 0.454 e. The third kappa shape index (κ3) is 5.51. The van der Waals surface area contributed by atoms with Crippen molar-refractivity contribution in [1.82, 2.24) is 15.1 Å². The summed E-state index contributed by atoms with van der Waals surface area (Å²) in [5.41, 5.74) is -2.24. The molecule has 0 fully saturated rings. The minimum Gasteiger partial charge on any atom is -0.326 e. The molecule has 3 aromatic carbocycles. The molecule has 7 nitrogen and oxygen atoms in total. The molecule has 0 spiro atoms. The maximum atomic E-state index is 14.5. The van der Waals surface area contributed by atoms with Gasteiger partial charge in [-0.2, -0.15) is 13.2 Å². The average molecular weight is 550 g/mol. The van der Waals surface area contributed by atoms with Gasteiger partial charge in [0.2, 0.25) is 11.8 Å². The van der Waals surface area contributed by atoms with Gasteiger partial charge in [0.15, 0.2) is 5.66 Å². The van der Waals surface area contributed by atoms with E-state index in [0.29, 0.717) is 10.5 Å². The standard InChI is InChI=1S/C30H26F3N3O4/c1-20(37)34-29(28(40)30(31,32)33,18-22-12-6-3-7-13-22)36-25(23-14-8-4-9-15-23)19-35(21(2)38)26(27(36)39)24-16-10-5-11-17-24/h3-17,19,26H,18H2,1-2H3,(H,34,37). The molecule has 206 valence electrons. The van der Waals surface area contributed by atoms with E-state index in [2.05, 4.69) is 5.32 Å². The van der Waals surface area contributed by atoms with Gasteiger partial charge in [-0.1, -0.05) is 91.0 Å². The zero-order valence-corrected chi connectivity index (χ0v) is 21.7. The van der Waals surface area contributed by atoms with Crippen molar-refractivity contribution in [2.45, 2.75) is 38.1 Å². The van der Waals surface area contributed by atoms with Crippen LogP contribution in [0.2, 0.25) is 0 Å². The highest BCUT2D eigenvalue weighted by Crippen LogP contribution is 2.42. The second kappa shape index (κ2) is 11.2. The maximum absolute atomic E-state index is 14.5. The van der Waals surface area contributed by atoms with Crippen LogP contribution in [0, 0.1) is 0 Å². The van der Waals surface area contributed by atoms with Crippen LogP contribution in [-0.2, 0) is 25.6 Å². The van der Waals surface area contributed by atoms with Crippen molar-refractivity contribution in [3.63, 3.8) is 0 Å². The number of hydrogen-bond acceptors (Lipinski definition) is 4. The zero-order valence-electron chi connectivity index (χ0n) is 21.7. The second-order valence-corrected chi connectivity index (χ2v) is 9.32. The highest BCUT2D eigenvalue weighted by Gasteiger charge is 2.61. The molecule has 1 N–H and O–H groups in total. The third-order valence-corrected chi connectivity index (χ3v) is 6.48. The number of halogens is 3. The number of nitrogens with one attached hydrogen (secondary N) is 1. The quantitative estimate of drug-likeness (QED) is 0.466. The molecule has 1 aliphatic rings. The lowest BCUT2D eigenvalue weighted by Crippen LogP contribution is -2.71. The van der Waals surface area contributed by atoms with Crippen molar-refractivity contribution in [3.05, 3.63) is 114 Å². The van der Waals surface area contributed by atoms with Crippen LogP contribution in [0.1, 0.15) is 36.6 Å². The lowest BCUT2D eigenvalue weighted by Gasteiger charge is -2.49. The molecule has 3 amide bonds. The Balaban J connectivity index is 2.09. The molecule has 0 aromatic heterocycles. The van der Waals surface area contributed by atoms with Crippen molar-refractivity contribution in [2.75, 3.05) is 0 Å². The van der Waals surface area contributed by atoms with E-state index >= 15 is 0 Å². The van der Waals surface area contributed by atoms with Crippen molar-refractivity contribution in [3.8, 4) is 0 Å². The highest BCUT2D eigenvalue weighted by molar-refractivity contribution is 6.05. The molecule has 1 aliphatic heterocycles. The van der Waals surface area contributed by atoms with E-state index in [1.54, 1.807) is 66.7 Å². The number of Topliss-reactive ketones (excluding diaryl/α,β-unsaturated/α-hetero) is 1. The number of carbonyl (C=O) groups excluding carboxylic acids is 4. The number of amides is 3. The Labute approximate surface area is 228 Å². The fourth-order valence-corrected chi connectivity index (χ4v) is 4.88. The van der Waals surface area contributed by atoms with E-state index < -0.39 is 47.8 Å². The van der Waals surface area contributed by atoms with Crippen LogP contribution in [0.3, 0.4) is 0 Å². The molecule has 0 bridgehead atoms. The van der Waals surface area contributed by atoms with Crippen LogP contribution in [0.4, 0.5) is 13.2 Å². The van der Waals surface area contributed by atoms with Gasteiger partial charge in [0.1, 0.15) is 6.04 Å². The zero-order chi connectivity index (χ0) is 29.1. The lowest BCUT2D eigenvalue weighted by molar-refractivity contribution is -0.187. The van der Waals surface area contributed by atoms with E-state index in [0.717, 1.165) is 11.8 Å². The van der Waals surface area contributed by atoms with Gasteiger partial charge in [0.25, 0.3) is 11.7 Å². The summed E-state index contributed by atoms with van der Waals surface area (Å²) >= 11 is 0. The Morgan fingerprint density at radius 1 is 0.825 bits per heavy atom. The van der Waals surface area contributed by atoms with Gasteiger partial charge in [-0.05, 0) is 16.7 Å². The molecule has 1 heterocycles. The van der Waals surface area contributed by atoms with Crippen LogP contribution < -0.4 is 5.32 Å². The summed E-state index contributed by atoms with van der Waals surface area (Å²) in [6, 6.07) is 22.3. The number of ketones is 1. The normalized spacial score (nSPS) is 17.1. The molecule has 0 radical (unpaired) electrons. The first-order valence-corrected chi connectivity index (χ1v) is 12.3. The lowest BCUT2D eigenvalue weighted by atomic mass is 9.88. The van der Waals surface area contributed by atoms with Gasteiger partial charge in [0.05, 0.1) is 5.70 Å². The van der Waals surface area contributed by atoms with E-state index in [4.69, 9.17) is 0 Å². The van der Waals surface area contributed by atoms with E-state index in [-0.39, 0.29) is 16.8 Å². The van der Waals surface area contributed by atoms with Crippen molar-refractivity contribution in [2.24, 2.45) is 0 Å². The first-order valence-electron chi connectivity index (χ1n) is 12.3. The Morgan fingerprint density at radius 3 is 1.85 bits per heavy atom. The van der Waals surface area contributed by atoms with Crippen molar-refractivity contribution in [1.29, 1.82) is 0 Å². The number of nitrogens with zero attached hydrogens (tertiary/aromatic N) is 2. The summed E-state index contributed by atoms with van der Waals surface area (Å²) in [4.78, 5) is 55.1. The number of alkyl halides is 3. The molecule has 0 saturated heterocycles.